The van der Waals surface area contributed by atoms with E-state index in [1.165, 1.54) is 6.08 Å². The van der Waals surface area contributed by atoms with Gasteiger partial charge in [-0.25, -0.2) is 0 Å². The van der Waals surface area contributed by atoms with Crippen molar-refractivity contribution >= 4 is 38.7 Å². The van der Waals surface area contributed by atoms with Crippen molar-refractivity contribution in [1.29, 1.82) is 0 Å². The lowest BCUT2D eigenvalue weighted by Crippen LogP contribution is -2.18. The zero-order valence-electron chi connectivity index (χ0n) is 17.5. The number of ether oxygens (including phenoxy) is 2. The van der Waals surface area contributed by atoms with E-state index in [1.807, 2.05) is 48.5 Å². The number of carbonyl (C=O) groups excluding carboxylic acids is 1. The van der Waals surface area contributed by atoms with Crippen LogP contribution in [0.1, 0.15) is 15.9 Å². The number of aromatic nitrogens is 1. The molecule has 0 aliphatic heterocycles. The number of aromatic amines is 1. The number of H-pyrrole nitrogens is 1. The number of fused-ring (bicyclic) bond motifs is 1. The first-order valence-corrected chi connectivity index (χ1v) is 10.7. The van der Waals surface area contributed by atoms with E-state index in [4.69, 9.17) is 9.47 Å². The van der Waals surface area contributed by atoms with Crippen LogP contribution < -0.4 is 15.0 Å². The molecule has 0 aliphatic rings. The summed E-state index contributed by atoms with van der Waals surface area (Å²) in [4.78, 5) is 29.2. The van der Waals surface area contributed by atoms with Crippen LogP contribution in [0.5, 0.6) is 11.5 Å². The van der Waals surface area contributed by atoms with Gasteiger partial charge in [0.2, 0.25) is 0 Å². The molecule has 0 saturated carbocycles. The molecule has 5 nitrogen and oxygen atoms in total. The summed E-state index contributed by atoms with van der Waals surface area (Å²) in [6.07, 6.45) is 3.02. The second-order valence-electron chi connectivity index (χ2n) is 7.07. The van der Waals surface area contributed by atoms with E-state index in [0.29, 0.717) is 28.1 Å². The lowest BCUT2D eigenvalue weighted by molar-refractivity contribution is 0.104. The fourth-order valence-corrected chi connectivity index (χ4v) is 3.98. The zero-order chi connectivity index (χ0) is 22.7. The van der Waals surface area contributed by atoms with Gasteiger partial charge in [-0.1, -0.05) is 46.3 Å². The van der Waals surface area contributed by atoms with Crippen LogP contribution in [0.25, 0.3) is 28.1 Å². The van der Waals surface area contributed by atoms with Gasteiger partial charge in [0.1, 0.15) is 11.5 Å². The SMILES string of the molecule is COc1ccc(OC)c(C=CC(=O)c2c(-c3ccccc3)c3cc(Br)ccc3[nH]c2=O)c1. The van der Waals surface area contributed by atoms with Crippen LogP contribution in [-0.2, 0) is 0 Å². The van der Waals surface area contributed by atoms with Crippen molar-refractivity contribution in [2.45, 2.75) is 0 Å². The summed E-state index contributed by atoms with van der Waals surface area (Å²) < 4.78 is 11.5. The highest BCUT2D eigenvalue weighted by Gasteiger charge is 2.19. The number of methoxy groups -OCH3 is 2. The molecular weight excluding hydrogens is 470 g/mol. The molecule has 0 saturated heterocycles. The molecule has 0 radical (unpaired) electrons. The van der Waals surface area contributed by atoms with Crippen molar-refractivity contribution < 1.29 is 14.3 Å². The largest absolute Gasteiger partial charge is 0.497 e. The van der Waals surface area contributed by atoms with E-state index < -0.39 is 11.3 Å². The van der Waals surface area contributed by atoms with Crippen molar-refractivity contribution in [2.24, 2.45) is 0 Å². The lowest BCUT2D eigenvalue weighted by Gasteiger charge is -2.12. The molecule has 4 aromatic rings. The third-order valence-electron chi connectivity index (χ3n) is 5.14. The number of hydrogen-bond donors (Lipinski definition) is 1. The topological polar surface area (TPSA) is 68.4 Å². The molecule has 0 aliphatic carbocycles. The molecule has 6 heteroatoms. The first-order chi connectivity index (χ1) is 15.5. The predicted molar refractivity (Wildman–Crippen MR) is 131 cm³/mol. The molecule has 1 aromatic heterocycles. The second-order valence-corrected chi connectivity index (χ2v) is 7.98. The number of pyridine rings is 1. The Morgan fingerprint density at radius 2 is 1.75 bits per heavy atom. The van der Waals surface area contributed by atoms with Crippen molar-refractivity contribution in [3.8, 4) is 22.6 Å². The third kappa shape index (κ3) is 4.22. The van der Waals surface area contributed by atoms with Gasteiger partial charge in [-0.3, -0.25) is 9.59 Å². The lowest BCUT2D eigenvalue weighted by atomic mass is 9.94. The van der Waals surface area contributed by atoms with Crippen LogP contribution >= 0.6 is 15.9 Å². The normalized spacial score (nSPS) is 11.1. The second kappa shape index (κ2) is 9.24. The van der Waals surface area contributed by atoms with E-state index in [0.717, 1.165) is 15.4 Å². The van der Waals surface area contributed by atoms with Gasteiger partial charge in [-0.05, 0) is 54.1 Å². The first-order valence-electron chi connectivity index (χ1n) is 9.87. The molecule has 0 amide bonds. The Balaban J connectivity index is 1.89. The quantitative estimate of drug-likeness (QED) is 0.271. The van der Waals surface area contributed by atoms with Gasteiger partial charge in [0.15, 0.2) is 5.78 Å². The van der Waals surface area contributed by atoms with Crippen molar-refractivity contribution in [3.05, 3.63) is 98.8 Å². The van der Waals surface area contributed by atoms with Gasteiger partial charge in [-0.15, -0.1) is 0 Å². The number of hydrogen-bond acceptors (Lipinski definition) is 4. The minimum atomic E-state index is -0.439. The number of carbonyl (C=O) groups is 1. The Bertz CT molecular complexity index is 1390. The third-order valence-corrected chi connectivity index (χ3v) is 5.63. The molecule has 0 atom stereocenters. The summed E-state index contributed by atoms with van der Waals surface area (Å²) in [5.74, 6) is 0.822. The summed E-state index contributed by atoms with van der Waals surface area (Å²) >= 11 is 3.49. The fourth-order valence-electron chi connectivity index (χ4n) is 3.62. The van der Waals surface area contributed by atoms with Gasteiger partial charge < -0.3 is 14.5 Å². The van der Waals surface area contributed by atoms with Gasteiger partial charge in [0, 0.05) is 26.5 Å². The number of halogens is 1. The summed E-state index contributed by atoms with van der Waals surface area (Å²) in [6, 6.07) is 20.3. The average Bonchev–Trinajstić information content (AvgIpc) is 2.82. The highest BCUT2D eigenvalue weighted by molar-refractivity contribution is 9.10. The molecule has 32 heavy (non-hydrogen) atoms. The fraction of sp³-hybridized carbons (Fsp3) is 0.0769. The molecule has 0 spiro atoms. The molecule has 4 rings (SSSR count). The summed E-state index contributed by atoms with van der Waals surface area (Å²) in [5.41, 5.74) is 2.36. The molecule has 0 unspecified atom stereocenters. The Hall–Kier alpha value is -3.64. The van der Waals surface area contributed by atoms with Crippen LogP contribution in [0.2, 0.25) is 0 Å². The minimum absolute atomic E-state index is 0.0833. The maximum absolute atomic E-state index is 13.3. The predicted octanol–water partition coefficient (Wildman–Crippen LogP) is 5.87. The standard InChI is InChI=1S/C26H20BrNO4/c1-31-19-10-13-23(32-2)17(14-19)8-12-22(29)25-24(16-6-4-3-5-7-16)20-15-18(27)9-11-21(20)28-26(25)30/h3-15H,1-2H3,(H,28,30). The molecular formula is C26H20BrNO4. The van der Waals surface area contributed by atoms with Gasteiger partial charge in [0.25, 0.3) is 5.56 Å². The van der Waals surface area contributed by atoms with Crippen LogP contribution in [-0.4, -0.2) is 25.0 Å². The van der Waals surface area contributed by atoms with Crippen LogP contribution in [0, 0.1) is 0 Å². The van der Waals surface area contributed by atoms with Crippen LogP contribution in [0.3, 0.4) is 0 Å². The van der Waals surface area contributed by atoms with Gasteiger partial charge in [0.05, 0.1) is 19.8 Å². The van der Waals surface area contributed by atoms with Gasteiger partial charge in [-0.2, -0.15) is 0 Å². The molecule has 160 valence electrons. The zero-order valence-corrected chi connectivity index (χ0v) is 19.1. The number of allylic oxidation sites excluding steroid dienone is 1. The van der Waals surface area contributed by atoms with Gasteiger partial charge >= 0.3 is 0 Å². The molecule has 3 aromatic carbocycles. The number of benzene rings is 3. The van der Waals surface area contributed by atoms with E-state index >= 15 is 0 Å². The highest BCUT2D eigenvalue weighted by atomic mass is 79.9. The maximum atomic E-state index is 13.3. The summed E-state index contributed by atoms with van der Waals surface area (Å²) in [5, 5.41) is 0.779. The average molecular weight is 490 g/mol. The monoisotopic (exact) mass is 489 g/mol. The Morgan fingerprint density at radius 1 is 0.969 bits per heavy atom. The van der Waals surface area contributed by atoms with E-state index in [9.17, 15) is 9.59 Å². The molecule has 0 fully saturated rings. The number of ketones is 1. The first kappa shape index (κ1) is 21.6. The smallest absolute Gasteiger partial charge is 0.260 e. The highest BCUT2D eigenvalue weighted by Crippen LogP contribution is 2.32. The number of nitrogens with one attached hydrogen (secondary N) is 1. The van der Waals surface area contributed by atoms with Crippen molar-refractivity contribution in [3.63, 3.8) is 0 Å². The van der Waals surface area contributed by atoms with Crippen LogP contribution in [0.15, 0.2) is 82.1 Å². The van der Waals surface area contributed by atoms with Crippen molar-refractivity contribution in [1.82, 2.24) is 4.98 Å². The molecule has 0 bridgehead atoms. The summed E-state index contributed by atoms with van der Waals surface area (Å²) in [7, 11) is 3.12. The summed E-state index contributed by atoms with van der Waals surface area (Å²) in [6.45, 7) is 0. The Kier molecular flexibility index (Phi) is 6.23. The Labute approximate surface area is 193 Å². The van der Waals surface area contributed by atoms with Crippen LogP contribution in [0.4, 0.5) is 0 Å². The molecule has 1 N–H and O–H groups in total. The van der Waals surface area contributed by atoms with E-state index in [1.54, 1.807) is 38.5 Å². The van der Waals surface area contributed by atoms with Crippen molar-refractivity contribution in [2.75, 3.05) is 14.2 Å². The Morgan fingerprint density at radius 3 is 2.47 bits per heavy atom. The van der Waals surface area contributed by atoms with E-state index in [-0.39, 0.29) is 5.56 Å². The minimum Gasteiger partial charge on any atom is -0.497 e. The number of rotatable bonds is 6. The van der Waals surface area contributed by atoms with E-state index in [2.05, 4.69) is 20.9 Å². The molecule has 1 heterocycles. The maximum Gasteiger partial charge on any atom is 0.260 e.